The lowest BCUT2D eigenvalue weighted by Crippen LogP contribution is -2.30. The lowest BCUT2D eigenvalue weighted by molar-refractivity contribution is 0.175. The van der Waals surface area contributed by atoms with E-state index in [1.807, 2.05) is 0 Å². The maximum atomic E-state index is 12.3. The number of phenols is 1. The first-order valence-corrected chi connectivity index (χ1v) is 8.12. The zero-order valence-electron chi connectivity index (χ0n) is 13.9. The van der Waals surface area contributed by atoms with Crippen molar-refractivity contribution >= 4 is 18.0 Å². The Morgan fingerprint density at radius 1 is 1.08 bits per heavy atom. The van der Waals surface area contributed by atoms with E-state index in [0.717, 1.165) is 5.56 Å². The fraction of sp³-hybridized carbons (Fsp3) is 0.235. The predicted octanol–water partition coefficient (Wildman–Crippen LogP) is 3.44. The molecule has 0 saturated heterocycles. The molecule has 7 nitrogen and oxygen atoms in total. The van der Waals surface area contributed by atoms with E-state index in [9.17, 15) is 9.90 Å². The Morgan fingerprint density at radius 2 is 1.84 bits per heavy atom. The number of ether oxygens (including phenoxy) is 4. The average molecular weight is 363 g/mol. The molecule has 0 aliphatic carbocycles. The zero-order chi connectivity index (χ0) is 18.0. The Bertz CT molecular complexity index is 810. The van der Waals surface area contributed by atoms with Gasteiger partial charge in [0.1, 0.15) is 16.4 Å². The van der Waals surface area contributed by atoms with Gasteiger partial charge in [-0.3, -0.25) is 0 Å². The summed E-state index contributed by atoms with van der Waals surface area (Å²) in [6.07, 6.45) is -0.500. The molecule has 2 aromatic rings. The predicted molar refractivity (Wildman–Crippen MR) is 91.6 cm³/mol. The molecule has 0 bridgehead atoms. The number of rotatable bonds is 5. The van der Waals surface area contributed by atoms with Crippen molar-refractivity contribution in [2.45, 2.75) is 11.4 Å². The fourth-order valence-corrected chi connectivity index (χ4v) is 3.33. The molecule has 25 heavy (non-hydrogen) atoms. The van der Waals surface area contributed by atoms with Crippen molar-refractivity contribution in [3.8, 4) is 28.7 Å². The molecule has 0 aromatic heterocycles. The van der Waals surface area contributed by atoms with Crippen LogP contribution in [0.4, 0.5) is 4.79 Å². The van der Waals surface area contributed by atoms with Crippen molar-refractivity contribution in [2.24, 2.45) is 0 Å². The molecule has 8 heteroatoms. The molecule has 0 saturated carbocycles. The summed E-state index contributed by atoms with van der Waals surface area (Å²) in [5.74, 6) is 1.88. The Balaban J connectivity index is 1.87. The van der Waals surface area contributed by atoms with Gasteiger partial charge >= 0.3 is 6.09 Å². The van der Waals surface area contributed by atoms with Gasteiger partial charge < -0.3 is 24.1 Å². The van der Waals surface area contributed by atoms with Crippen LogP contribution in [0, 0.1) is 0 Å². The van der Waals surface area contributed by atoms with E-state index in [0.29, 0.717) is 27.9 Å². The van der Waals surface area contributed by atoms with Gasteiger partial charge in [-0.05, 0) is 17.7 Å². The summed E-state index contributed by atoms with van der Waals surface area (Å²) in [7, 11) is 4.54. The average Bonchev–Trinajstić information content (AvgIpc) is 2.62. The van der Waals surface area contributed by atoms with Crippen LogP contribution >= 0.6 is 11.9 Å². The van der Waals surface area contributed by atoms with E-state index < -0.39 is 6.09 Å². The van der Waals surface area contributed by atoms with Crippen molar-refractivity contribution in [2.75, 3.05) is 21.3 Å². The second kappa shape index (κ2) is 7.02. The molecule has 0 fully saturated rings. The van der Waals surface area contributed by atoms with Gasteiger partial charge in [0, 0.05) is 24.1 Å². The molecule has 1 aliphatic rings. The van der Waals surface area contributed by atoms with Crippen LogP contribution in [-0.4, -0.2) is 36.8 Å². The van der Waals surface area contributed by atoms with Crippen LogP contribution in [0.25, 0.3) is 0 Å². The smallest absolute Gasteiger partial charge is 0.425 e. The summed E-state index contributed by atoms with van der Waals surface area (Å²) >= 11 is 1.22. The Morgan fingerprint density at radius 3 is 2.52 bits per heavy atom. The van der Waals surface area contributed by atoms with Gasteiger partial charge in [0.05, 0.1) is 27.9 Å². The summed E-state index contributed by atoms with van der Waals surface area (Å²) in [6, 6.07) is 8.28. The minimum atomic E-state index is -0.500. The first kappa shape index (κ1) is 17.1. The van der Waals surface area contributed by atoms with Crippen LogP contribution in [0.2, 0.25) is 0 Å². The van der Waals surface area contributed by atoms with E-state index in [2.05, 4.69) is 0 Å². The molecule has 0 atom stereocenters. The maximum absolute atomic E-state index is 12.3. The highest BCUT2D eigenvalue weighted by Gasteiger charge is 2.30. The minimum absolute atomic E-state index is 0.0410. The SMILES string of the molecule is COc1cc(OC)c2c(c1)OC(=O)N(Cc1ccc(O)c(OC)c1)S2. The molecule has 0 spiro atoms. The molecular weight excluding hydrogens is 346 g/mol. The molecule has 132 valence electrons. The highest BCUT2D eigenvalue weighted by molar-refractivity contribution is 7.97. The normalized spacial score (nSPS) is 13.1. The number of hydrogen-bond donors (Lipinski definition) is 1. The monoisotopic (exact) mass is 363 g/mol. The molecule has 1 amide bonds. The van der Waals surface area contributed by atoms with Crippen LogP contribution < -0.4 is 18.9 Å². The van der Waals surface area contributed by atoms with Gasteiger partial charge in [0.15, 0.2) is 17.2 Å². The third-order valence-electron chi connectivity index (χ3n) is 3.62. The quantitative estimate of drug-likeness (QED) is 0.815. The molecule has 0 unspecified atom stereocenters. The molecular formula is C17H17NO6S. The summed E-state index contributed by atoms with van der Waals surface area (Å²) in [5.41, 5.74) is 0.787. The van der Waals surface area contributed by atoms with Gasteiger partial charge in [0.2, 0.25) is 0 Å². The second-order valence-corrected chi connectivity index (χ2v) is 6.19. The third-order valence-corrected chi connectivity index (χ3v) is 4.71. The maximum Gasteiger partial charge on any atom is 0.425 e. The number of aromatic hydroxyl groups is 1. The topological polar surface area (TPSA) is 77.5 Å². The van der Waals surface area contributed by atoms with Crippen molar-refractivity contribution in [1.29, 1.82) is 0 Å². The first-order chi connectivity index (χ1) is 12.0. The molecule has 0 radical (unpaired) electrons. The van der Waals surface area contributed by atoms with Gasteiger partial charge in [-0.2, -0.15) is 0 Å². The molecule has 2 aromatic carbocycles. The largest absolute Gasteiger partial charge is 0.504 e. The number of hydrogen-bond acceptors (Lipinski definition) is 7. The lowest BCUT2D eigenvalue weighted by atomic mass is 10.2. The highest BCUT2D eigenvalue weighted by Crippen LogP contribution is 2.46. The zero-order valence-corrected chi connectivity index (χ0v) is 14.8. The lowest BCUT2D eigenvalue weighted by Gasteiger charge is -2.28. The molecule has 1 aliphatic heterocycles. The van der Waals surface area contributed by atoms with E-state index in [1.165, 1.54) is 36.5 Å². The van der Waals surface area contributed by atoms with Crippen molar-refractivity contribution in [3.05, 3.63) is 35.9 Å². The summed E-state index contributed by atoms with van der Waals surface area (Å²) in [5, 5.41) is 9.68. The van der Waals surface area contributed by atoms with Crippen LogP contribution in [-0.2, 0) is 6.54 Å². The molecule has 1 N–H and O–H groups in total. The van der Waals surface area contributed by atoms with Crippen molar-refractivity contribution in [1.82, 2.24) is 4.31 Å². The number of fused-ring (bicyclic) bond motifs is 1. The molecule has 3 rings (SSSR count). The van der Waals surface area contributed by atoms with Gasteiger partial charge in [-0.1, -0.05) is 6.07 Å². The van der Waals surface area contributed by atoms with Gasteiger partial charge in [-0.25, -0.2) is 9.10 Å². The van der Waals surface area contributed by atoms with Gasteiger partial charge in [0.25, 0.3) is 0 Å². The highest BCUT2D eigenvalue weighted by atomic mass is 32.2. The van der Waals surface area contributed by atoms with Crippen LogP contribution in [0.3, 0.4) is 0 Å². The third kappa shape index (κ3) is 3.39. The standard InChI is InChI=1S/C17H17NO6S/c1-21-11-7-14(23-3)16-15(8-11)24-17(20)18(25-16)9-10-4-5-12(19)13(6-10)22-2/h4-8,19H,9H2,1-3H3. The minimum Gasteiger partial charge on any atom is -0.504 e. The van der Waals surface area contributed by atoms with Crippen molar-refractivity contribution < 1.29 is 28.8 Å². The van der Waals surface area contributed by atoms with E-state index in [1.54, 1.807) is 31.4 Å². The Kier molecular flexibility index (Phi) is 4.80. The van der Waals surface area contributed by atoms with E-state index in [4.69, 9.17) is 18.9 Å². The first-order valence-electron chi connectivity index (χ1n) is 7.35. The number of methoxy groups -OCH3 is 3. The van der Waals surface area contributed by atoms with Gasteiger partial charge in [-0.15, -0.1) is 0 Å². The number of benzene rings is 2. The number of nitrogens with zero attached hydrogens (tertiary/aromatic N) is 1. The molecule has 1 heterocycles. The number of carbonyl (C=O) groups excluding carboxylic acids is 1. The second-order valence-electron chi connectivity index (χ2n) is 5.16. The van der Waals surface area contributed by atoms with E-state index in [-0.39, 0.29) is 12.3 Å². The number of carbonyl (C=O) groups is 1. The van der Waals surface area contributed by atoms with Crippen LogP contribution in [0.15, 0.2) is 35.2 Å². The number of amides is 1. The number of phenolic OH excluding ortho intramolecular Hbond substituents is 1. The summed E-state index contributed by atoms with van der Waals surface area (Å²) in [4.78, 5) is 13.0. The fourth-order valence-electron chi connectivity index (χ4n) is 2.36. The Labute approximate surface area is 149 Å². The Hall–Kier alpha value is -2.74. The summed E-state index contributed by atoms with van der Waals surface area (Å²) < 4.78 is 22.5. The van der Waals surface area contributed by atoms with Crippen LogP contribution in [0.5, 0.6) is 28.7 Å². The van der Waals surface area contributed by atoms with Crippen LogP contribution in [0.1, 0.15) is 5.56 Å². The van der Waals surface area contributed by atoms with Crippen molar-refractivity contribution in [3.63, 3.8) is 0 Å². The summed E-state index contributed by atoms with van der Waals surface area (Å²) in [6.45, 7) is 0.273. The van der Waals surface area contributed by atoms with E-state index >= 15 is 0 Å².